The summed E-state index contributed by atoms with van der Waals surface area (Å²) < 4.78 is 0. The minimum atomic E-state index is -1.26. The number of phenolic OH excluding ortho intramolecular Hbond substituents is 2. The molecule has 3 aromatic carbocycles. The first kappa shape index (κ1) is 33.6. The van der Waals surface area contributed by atoms with Gasteiger partial charge in [-0.15, -0.1) is 0 Å². The van der Waals surface area contributed by atoms with Crippen LogP contribution >= 0.6 is 0 Å². The Labute approximate surface area is 256 Å². The molecule has 3 rings (SSSR count). The molecule has 0 aromatic heterocycles. The van der Waals surface area contributed by atoms with Gasteiger partial charge in [0, 0.05) is 12.8 Å². The van der Waals surface area contributed by atoms with Crippen LogP contribution in [0.15, 0.2) is 78.9 Å². The maximum Gasteiger partial charge on any atom is 0.326 e. The predicted octanol–water partition coefficient (Wildman–Crippen LogP) is 2.04. The number of hydrogen-bond acceptors (Lipinski definition) is 7. The van der Waals surface area contributed by atoms with Crippen LogP contribution in [-0.2, 0) is 38.4 Å². The van der Waals surface area contributed by atoms with Crippen LogP contribution in [0.3, 0.4) is 0 Å². The molecule has 0 aliphatic rings. The lowest BCUT2D eigenvalue weighted by Crippen LogP contribution is -2.59. The molecule has 5 atom stereocenters. The fraction of sp³-hybridized carbons (Fsp3) is 0.333. The highest BCUT2D eigenvalue weighted by molar-refractivity contribution is 5.94. The molecule has 3 aromatic rings. The van der Waals surface area contributed by atoms with Gasteiger partial charge in [0.25, 0.3) is 0 Å². The number of hydrogen-bond donors (Lipinski definition) is 7. The monoisotopic (exact) mass is 604 g/mol. The Balaban J connectivity index is 1.79. The summed E-state index contributed by atoms with van der Waals surface area (Å²) in [6.07, 6.45) is 0.729. The lowest BCUT2D eigenvalue weighted by molar-refractivity contribution is -0.142. The first-order valence-corrected chi connectivity index (χ1v) is 14.5. The number of carbonyl (C=O) groups excluding carboxylic acids is 3. The zero-order valence-corrected chi connectivity index (χ0v) is 24.8. The van der Waals surface area contributed by atoms with Crippen LogP contribution in [0.25, 0.3) is 0 Å². The number of carboxylic acid groups (broad SMARTS) is 1. The van der Waals surface area contributed by atoms with Crippen molar-refractivity contribution < 1.29 is 34.5 Å². The zero-order chi connectivity index (χ0) is 32.2. The average Bonchev–Trinajstić information content (AvgIpc) is 3.01. The summed E-state index contributed by atoms with van der Waals surface area (Å²) >= 11 is 0. The first-order valence-electron chi connectivity index (χ1n) is 14.5. The van der Waals surface area contributed by atoms with E-state index in [4.69, 9.17) is 5.73 Å². The fourth-order valence-electron chi connectivity index (χ4n) is 4.60. The summed E-state index contributed by atoms with van der Waals surface area (Å²) in [4.78, 5) is 52.2. The Morgan fingerprint density at radius 2 is 1.14 bits per heavy atom. The number of amides is 3. The molecule has 0 saturated heterocycles. The first-order chi connectivity index (χ1) is 21.0. The van der Waals surface area contributed by atoms with E-state index < -0.39 is 47.9 Å². The third kappa shape index (κ3) is 10.1. The van der Waals surface area contributed by atoms with Gasteiger partial charge in [0.2, 0.25) is 17.7 Å². The van der Waals surface area contributed by atoms with Crippen molar-refractivity contribution in [3.63, 3.8) is 0 Å². The molecule has 3 amide bonds. The summed E-state index contributed by atoms with van der Waals surface area (Å²) in [6, 6.07) is 16.7. The number of nitrogens with two attached hydrogens (primary N) is 1. The third-order valence-corrected chi connectivity index (χ3v) is 7.43. The molecule has 0 saturated carbocycles. The fourth-order valence-corrected chi connectivity index (χ4v) is 4.60. The summed E-state index contributed by atoms with van der Waals surface area (Å²) in [6.45, 7) is 3.64. The van der Waals surface area contributed by atoms with Gasteiger partial charge in [0.1, 0.15) is 29.6 Å². The van der Waals surface area contributed by atoms with Gasteiger partial charge in [-0.3, -0.25) is 14.4 Å². The Morgan fingerprint density at radius 1 is 0.659 bits per heavy atom. The van der Waals surface area contributed by atoms with Gasteiger partial charge in [0.15, 0.2) is 0 Å². The second-order valence-corrected chi connectivity index (χ2v) is 10.9. The second kappa shape index (κ2) is 16.1. The van der Waals surface area contributed by atoms with Gasteiger partial charge < -0.3 is 37.0 Å². The largest absolute Gasteiger partial charge is 0.508 e. The van der Waals surface area contributed by atoms with Crippen molar-refractivity contribution in [2.24, 2.45) is 11.7 Å². The average molecular weight is 605 g/mol. The lowest BCUT2D eigenvalue weighted by atomic mass is 9.96. The van der Waals surface area contributed by atoms with E-state index in [0.29, 0.717) is 17.5 Å². The second-order valence-electron chi connectivity index (χ2n) is 10.9. The van der Waals surface area contributed by atoms with Crippen LogP contribution in [-0.4, -0.2) is 63.2 Å². The zero-order valence-electron chi connectivity index (χ0n) is 24.8. The predicted molar refractivity (Wildman–Crippen MR) is 165 cm³/mol. The molecule has 234 valence electrons. The van der Waals surface area contributed by atoms with E-state index in [2.05, 4.69) is 16.0 Å². The van der Waals surface area contributed by atoms with Gasteiger partial charge in [-0.25, -0.2) is 4.79 Å². The van der Waals surface area contributed by atoms with Crippen molar-refractivity contribution >= 4 is 23.7 Å². The van der Waals surface area contributed by atoms with Crippen LogP contribution in [0, 0.1) is 5.92 Å². The summed E-state index contributed by atoms with van der Waals surface area (Å²) in [7, 11) is 0. The van der Waals surface area contributed by atoms with Crippen molar-refractivity contribution in [1.29, 1.82) is 0 Å². The molecule has 11 nitrogen and oxygen atoms in total. The van der Waals surface area contributed by atoms with Crippen molar-refractivity contribution in [3.8, 4) is 11.5 Å². The van der Waals surface area contributed by atoms with E-state index in [9.17, 15) is 34.5 Å². The van der Waals surface area contributed by atoms with Crippen molar-refractivity contribution in [2.45, 2.75) is 63.7 Å². The van der Waals surface area contributed by atoms with Crippen LogP contribution in [0.4, 0.5) is 0 Å². The van der Waals surface area contributed by atoms with E-state index in [0.717, 1.165) is 5.56 Å². The van der Waals surface area contributed by atoms with Crippen LogP contribution in [0.5, 0.6) is 11.5 Å². The standard InChI is InChI=1S/C33H40N4O7/c1-3-20(2)29(37-30(40)26(34)17-22-9-13-24(38)14-10-22)32(42)35-27(18-23-11-15-25(39)16-12-23)31(41)36-28(33(43)44)19-21-7-5-4-6-8-21/h4-16,20,26-29,38-39H,3,17-19,34H2,1-2H3,(H,35,42)(H,36,41)(H,37,40)(H,43,44). The van der Waals surface area contributed by atoms with Crippen LogP contribution < -0.4 is 21.7 Å². The number of carbonyl (C=O) groups is 4. The topological polar surface area (TPSA) is 191 Å². The quantitative estimate of drug-likeness (QED) is 0.137. The van der Waals surface area contributed by atoms with Crippen molar-refractivity contribution in [1.82, 2.24) is 16.0 Å². The molecule has 0 aliphatic heterocycles. The van der Waals surface area contributed by atoms with Gasteiger partial charge in [-0.1, -0.05) is 74.9 Å². The molecule has 0 bridgehead atoms. The van der Waals surface area contributed by atoms with E-state index in [-0.39, 0.29) is 36.7 Å². The van der Waals surface area contributed by atoms with E-state index >= 15 is 0 Å². The van der Waals surface area contributed by atoms with Gasteiger partial charge in [-0.2, -0.15) is 0 Å². The highest BCUT2D eigenvalue weighted by atomic mass is 16.4. The molecule has 8 N–H and O–H groups in total. The molecule has 0 heterocycles. The number of aromatic hydroxyl groups is 2. The van der Waals surface area contributed by atoms with Gasteiger partial charge in [-0.05, 0) is 53.3 Å². The van der Waals surface area contributed by atoms with Crippen LogP contribution in [0.1, 0.15) is 37.0 Å². The Hall–Kier alpha value is -4.90. The van der Waals surface area contributed by atoms with Gasteiger partial charge in [0.05, 0.1) is 6.04 Å². The molecule has 0 fully saturated rings. The number of aliphatic carboxylic acids is 1. The number of nitrogens with one attached hydrogen (secondary N) is 3. The number of phenols is 2. The molecule has 0 aliphatic carbocycles. The minimum absolute atomic E-state index is 0.00291. The summed E-state index contributed by atoms with van der Waals surface area (Å²) in [5, 5.41) is 37.0. The maximum absolute atomic E-state index is 13.6. The Kier molecular flexibility index (Phi) is 12.3. The smallest absolute Gasteiger partial charge is 0.326 e. The molecule has 44 heavy (non-hydrogen) atoms. The summed E-state index contributed by atoms with van der Waals surface area (Å²) in [5.41, 5.74) is 8.19. The summed E-state index contributed by atoms with van der Waals surface area (Å²) in [5.74, 6) is -3.36. The maximum atomic E-state index is 13.6. The number of benzene rings is 3. The molecular formula is C33H40N4O7. The third-order valence-electron chi connectivity index (χ3n) is 7.43. The van der Waals surface area contributed by atoms with Crippen molar-refractivity contribution in [2.75, 3.05) is 0 Å². The van der Waals surface area contributed by atoms with Gasteiger partial charge >= 0.3 is 5.97 Å². The van der Waals surface area contributed by atoms with E-state index in [1.54, 1.807) is 61.5 Å². The van der Waals surface area contributed by atoms with E-state index in [1.807, 2.05) is 6.92 Å². The highest BCUT2D eigenvalue weighted by Gasteiger charge is 2.32. The molecule has 0 spiro atoms. The SMILES string of the molecule is CCC(C)C(NC(=O)C(N)Cc1ccc(O)cc1)C(=O)NC(Cc1ccc(O)cc1)C(=O)NC(Cc1ccccc1)C(=O)O. The Morgan fingerprint density at radius 3 is 1.66 bits per heavy atom. The Bertz CT molecular complexity index is 1400. The molecule has 0 radical (unpaired) electrons. The van der Waals surface area contributed by atoms with Crippen LogP contribution in [0.2, 0.25) is 0 Å². The number of rotatable bonds is 15. The molecule has 5 unspecified atom stereocenters. The molecule has 11 heteroatoms. The lowest BCUT2D eigenvalue weighted by Gasteiger charge is -2.28. The normalized spacial score (nSPS) is 14.3. The minimum Gasteiger partial charge on any atom is -0.508 e. The number of carboxylic acids is 1. The highest BCUT2D eigenvalue weighted by Crippen LogP contribution is 2.15. The van der Waals surface area contributed by atoms with E-state index in [1.165, 1.54) is 24.3 Å². The van der Waals surface area contributed by atoms with Crippen molar-refractivity contribution in [3.05, 3.63) is 95.6 Å². The molecular weight excluding hydrogens is 564 g/mol.